The monoisotopic (exact) mass is 413 g/mol. The van der Waals surface area contributed by atoms with Gasteiger partial charge in [-0.1, -0.05) is 19.4 Å². The number of nitrogens with one attached hydrogen (secondary N) is 1. The van der Waals surface area contributed by atoms with Crippen LogP contribution >= 0.6 is 11.3 Å². The average molecular weight is 413 g/mol. The molecule has 1 amide bonds. The summed E-state index contributed by atoms with van der Waals surface area (Å²) in [7, 11) is 0. The van der Waals surface area contributed by atoms with Crippen molar-refractivity contribution < 1.29 is 14.3 Å². The Morgan fingerprint density at radius 2 is 1.93 bits per heavy atom. The maximum Gasteiger partial charge on any atom is 0.339 e. The van der Waals surface area contributed by atoms with Crippen LogP contribution in [-0.2, 0) is 16.1 Å². The van der Waals surface area contributed by atoms with Crippen LogP contribution < -0.4 is 10.9 Å². The molecule has 1 aromatic carbocycles. The molecule has 0 atom stereocenters. The van der Waals surface area contributed by atoms with Crippen molar-refractivity contribution in [1.29, 1.82) is 0 Å². The van der Waals surface area contributed by atoms with E-state index in [2.05, 4.69) is 10.3 Å². The Morgan fingerprint density at radius 3 is 2.62 bits per heavy atom. The number of unbranched alkanes of at least 4 members (excludes halogenated alkanes) is 1. The van der Waals surface area contributed by atoms with E-state index in [-0.39, 0.29) is 23.4 Å². The number of nitrogens with zero attached hydrogens (tertiary/aromatic N) is 2. The number of hydrogen-bond acceptors (Lipinski definition) is 6. The maximum absolute atomic E-state index is 12.9. The molecule has 0 radical (unpaired) electrons. The first kappa shape index (κ1) is 20.7. The molecular weight excluding hydrogens is 390 g/mol. The van der Waals surface area contributed by atoms with E-state index in [4.69, 9.17) is 4.74 Å². The van der Waals surface area contributed by atoms with Crippen LogP contribution in [0.1, 0.15) is 41.3 Å². The van der Waals surface area contributed by atoms with Gasteiger partial charge in [0.15, 0.2) is 0 Å². The topological polar surface area (TPSA) is 90.3 Å². The first-order valence-electron chi connectivity index (χ1n) is 9.41. The molecule has 2 aromatic heterocycles. The summed E-state index contributed by atoms with van der Waals surface area (Å²) < 4.78 is 6.43. The highest BCUT2D eigenvalue weighted by molar-refractivity contribution is 7.17. The van der Waals surface area contributed by atoms with Gasteiger partial charge in [-0.2, -0.15) is 0 Å². The predicted octanol–water partition coefficient (Wildman–Crippen LogP) is 3.67. The Bertz CT molecular complexity index is 1100. The van der Waals surface area contributed by atoms with Gasteiger partial charge >= 0.3 is 5.97 Å². The minimum atomic E-state index is -0.541. The van der Waals surface area contributed by atoms with Crippen molar-refractivity contribution in [3.8, 4) is 0 Å². The number of rotatable bonds is 7. The van der Waals surface area contributed by atoms with Gasteiger partial charge in [-0.3, -0.25) is 14.2 Å². The van der Waals surface area contributed by atoms with Gasteiger partial charge in [0.05, 0.1) is 23.9 Å². The summed E-state index contributed by atoms with van der Waals surface area (Å²) in [5, 5.41) is 4.57. The highest BCUT2D eigenvalue weighted by Crippen LogP contribution is 2.22. The Labute approximate surface area is 172 Å². The maximum atomic E-state index is 12.9. The van der Waals surface area contributed by atoms with Crippen molar-refractivity contribution in [2.45, 2.75) is 40.2 Å². The van der Waals surface area contributed by atoms with Crippen molar-refractivity contribution >= 4 is 39.1 Å². The number of carbonyl (C=O) groups is 2. The van der Waals surface area contributed by atoms with E-state index in [1.54, 1.807) is 5.38 Å². The van der Waals surface area contributed by atoms with E-state index >= 15 is 0 Å². The van der Waals surface area contributed by atoms with Gasteiger partial charge < -0.3 is 10.1 Å². The zero-order chi connectivity index (χ0) is 21.0. The summed E-state index contributed by atoms with van der Waals surface area (Å²) in [5.41, 5.74) is 2.50. The first-order valence-corrected chi connectivity index (χ1v) is 10.3. The summed E-state index contributed by atoms with van der Waals surface area (Å²) >= 11 is 1.20. The number of anilines is 1. The fourth-order valence-electron chi connectivity index (χ4n) is 3.02. The molecule has 0 saturated heterocycles. The molecule has 0 saturated carbocycles. The molecule has 152 valence electrons. The van der Waals surface area contributed by atoms with Crippen LogP contribution in [0.4, 0.5) is 5.69 Å². The summed E-state index contributed by atoms with van der Waals surface area (Å²) in [5.74, 6) is -0.887. The molecule has 2 heterocycles. The molecule has 0 spiro atoms. The molecule has 0 aliphatic carbocycles. The second-order valence-corrected chi connectivity index (χ2v) is 7.78. The van der Waals surface area contributed by atoms with Crippen LogP contribution in [0.2, 0.25) is 0 Å². The van der Waals surface area contributed by atoms with Gasteiger partial charge in [0, 0.05) is 11.1 Å². The second kappa shape index (κ2) is 9.00. The second-order valence-electron chi connectivity index (χ2n) is 6.92. The van der Waals surface area contributed by atoms with Crippen molar-refractivity contribution in [3.05, 3.63) is 57.0 Å². The number of fused-ring (bicyclic) bond motifs is 1. The number of esters is 1. The first-order chi connectivity index (χ1) is 13.9. The minimum Gasteiger partial charge on any atom is -0.462 e. The van der Waals surface area contributed by atoms with Gasteiger partial charge in [0.25, 0.3) is 5.56 Å². The van der Waals surface area contributed by atoms with Gasteiger partial charge in [0.1, 0.15) is 11.4 Å². The molecule has 3 aromatic rings. The largest absolute Gasteiger partial charge is 0.462 e. The van der Waals surface area contributed by atoms with Crippen molar-refractivity contribution in [1.82, 2.24) is 9.55 Å². The summed E-state index contributed by atoms with van der Waals surface area (Å²) in [6.45, 7) is 6.00. The van der Waals surface area contributed by atoms with Crippen molar-refractivity contribution in [2.24, 2.45) is 0 Å². The van der Waals surface area contributed by atoms with Crippen LogP contribution in [0.15, 0.2) is 34.7 Å². The third-order valence-electron chi connectivity index (χ3n) is 4.33. The van der Waals surface area contributed by atoms with Gasteiger partial charge in [-0.15, -0.1) is 11.3 Å². The van der Waals surface area contributed by atoms with Crippen LogP contribution in [0, 0.1) is 13.8 Å². The number of benzene rings is 1. The number of ether oxygens (including phenoxy) is 1. The lowest BCUT2D eigenvalue weighted by atomic mass is 10.1. The third kappa shape index (κ3) is 4.89. The van der Waals surface area contributed by atoms with Crippen molar-refractivity contribution in [2.75, 3.05) is 11.9 Å². The molecule has 7 nitrogen and oxygen atoms in total. The number of amides is 1. The lowest BCUT2D eigenvalue weighted by Crippen LogP contribution is -2.28. The molecule has 1 N–H and O–H groups in total. The number of hydrogen-bond donors (Lipinski definition) is 1. The summed E-state index contributed by atoms with van der Waals surface area (Å²) in [4.78, 5) is 42.3. The number of thiophene rings is 1. The van der Waals surface area contributed by atoms with Crippen LogP contribution in [0.5, 0.6) is 0 Å². The molecule has 0 fully saturated rings. The van der Waals surface area contributed by atoms with Crippen molar-refractivity contribution in [3.63, 3.8) is 0 Å². The van der Waals surface area contributed by atoms with Crippen LogP contribution in [0.25, 0.3) is 10.2 Å². The fourth-order valence-corrected chi connectivity index (χ4v) is 3.89. The fraction of sp³-hybridized carbons (Fsp3) is 0.333. The number of carbonyl (C=O) groups excluding carboxylic acids is 2. The quantitative estimate of drug-likeness (QED) is 0.471. The van der Waals surface area contributed by atoms with E-state index in [1.807, 2.05) is 39.0 Å². The molecule has 29 heavy (non-hydrogen) atoms. The Kier molecular flexibility index (Phi) is 6.43. The summed E-state index contributed by atoms with van der Waals surface area (Å²) in [6.07, 6.45) is 2.99. The minimum absolute atomic E-state index is 0.193. The molecule has 3 rings (SSSR count). The molecule has 8 heteroatoms. The zero-order valence-corrected chi connectivity index (χ0v) is 17.5. The lowest BCUT2D eigenvalue weighted by molar-refractivity contribution is -0.116. The molecule has 0 unspecified atom stereocenters. The lowest BCUT2D eigenvalue weighted by Gasteiger charge is -2.09. The third-order valence-corrected chi connectivity index (χ3v) is 5.22. The highest BCUT2D eigenvalue weighted by atomic mass is 32.1. The SMILES string of the molecule is CCCCOC(=O)c1csc2ncn(CC(=O)Nc3cc(C)cc(C)c3)c(=O)c12. The Balaban J connectivity index is 1.82. The van der Waals surface area contributed by atoms with E-state index in [0.29, 0.717) is 17.1 Å². The molecular formula is C21H23N3O4S. The highest BCUT2D eigenvalue weighted by Gasteiger charge is 2.19. The normalized spacial score (nSPS) is 10.9. The summed E-state index contributed by atoms with van der Waals surface area (Å²) in [6, 6.07) is 5.73. The average Bonchev–Trinajstić information content (AvgIpc) is 3.08. The van der Waals surface area contributed by atoms with Gasteiger partial charge in [-0.05, 0) is 43.5 Å². The van der Waals surface area contributed by atoms with E-state index in [1.165, 1.54) is 22.2 Å². The standard InChI is InChI=1S/C21H23N3O4S/c1-4-5-6-28-21(27)16-11-29-19-18(16)20(26)24(12-22-19)10-17(25)23-15-8-13(2)7-14(3)9-15/h7-9,11-12H,4-6,10H2,1-3H3,(H,23,25). The van der Waals surface area contributed by atoms with E-state index < -0.39 is 11.5 Å². The number of aromatic nitrogens is 2. The van der Waals surface area contributed by atoms with Crippen LogP contribution in [-0.4, -0.2) is 28.0 Å². The molecule has 0 bridgehead atoms. The Morgan fingerprint density at radius 1 is 1.21 bits per heavy atom. The molecule has 0 aliphatic heterocycles. The van der Waals surface area contributed by atoms with E-state index in [0.717, 1.165) is 24.0 Å². The number of aryl methyl sites for hydroxylation is 2. The smallest absolute Gasteiger partial charge is 0.339 e. The Hall–Kier alpha value is -3.00. The molecule has 0 aliphatic rings. The van der Waals surface area contributed by atoms with Gasteiger partial charge in [0.2, 0.25) is 5.91 Å². The van der Waals surface area contributed by atoms with Crippen LogP contribution in [0.3, 0.4) is 0 Å². The van der Waals surface area contributed by atoms with Gasteiger partial charge in [-0.25, -0.2) is 9.78 Å². The zero-order valence-electron chi connectivity index (χ0n) is 16.7. The predicted molar refractivity (Wildman–Crippen MR) is 114 cm³/mol. The van der Waals surface area contributed by atoms with E-state index in [9.17, 15) is 14.4 Å².